The van der Waals surface area contributed by atoms with Crippen LogP contribution in [0.4, 0.5) is 0 Å². The lowest BCUT2D eigenvalue weighted by molar-refractivity contribution is 0.298. The van der Waals surface area contributed by atoms with E-state index in [2.05, 4.69) is 32.7 Å². The van der Waals surface area contributed by atoms with Crippen LogP contribution in [0.5, 0.6) is 0 Å². The Hall–Kier alpha value is -0.860. The van der Waals surface area contributed by atoms with Crippen molar-refractivity contribution in [3.63, 3.8) is 0 Å². The van der Waals surface area contributed by atoms with Crippen molar-refractivity contribution in [2.75, 3.05) is 7.05 Å². The third kappa shape index (κ3) is 5.10. The second-order valence-corrected chi connectivity index (χ2v) is 5.93. The van der Waals surface area contributed by atoms with Crippen LogP contribution in [0.2, 0.25) is 0 Å². The average Bonchev–Trinajstić information content (AvgIpc) is 2.83. The van der Waals surface area contributed by atoms with Gasteiger partial charge in [0.15, 0.2) is 11.8 Å². The van der Waals surface area contributed by atoms with Crippen molar-refractivity contribution >= 4 is 29.9 Å². The van der Waals surface area contributed by atoms with Gasteiger partial charge < -0.3 is 15.2 Å². The summed E-state index contributed by atoms with van der Waals surface area (Å²) in [6.45, 7) is 4.88. The average molecular weight is 420 g/mol. The predicted octanol–water partition coefficient (Wildman–Crippen LogP) is 2.38. The van der Waals surface area contributed by atoms with E-state index < -0.39 is 0 Å². The molecule has 0 radical (unpaired) electrons. The molecule has 1 aliphatic carbocycles. The minimum Gasteiger partial charge on any atom is -0.354 e. The van der Waals surface area contributed by atoms with Crippen molar-refractivity contribution in [1.29, 1.82) is 0 Å². The molecule has 0 spiro atoms. The second-order valence-electron chi connectivity index (χ2n) is 5.93. The third-order valence-electron chi connectivity index (χ3n) is 4.52. The van der Waals surface area contributed by atoms with E-state index in [9.17, 15) is 0 Å². The number of guanidine groups is 1. The maximum absolute atomic E-state index is 4.32. The van der Waals surface area contributed by atoms with E-state index in [4.69, 9.17) is 0 Å². The molecule has 7 heteroatoms. The Morgan fingerprint density at radius 3 is 2.73 bits per heavy atom. The minimum atomic E-state index is 0. The highest BCUT2D eigenvalue weighted by Gasteiger charge is 2.21. The Morgan fingerprint density at radius 1 is 1.36 bits per heavy atom. The van der Waals surface area contributed by atoms with Crippen LogP contribution >= 0.6 is 24.0 Å². The van der Waals surface area contributed by atoms with Gasteiger partial charge in [0.25, 0.3) is 0 Å². The van der Waals surface area contributed by atoms with Gasteiger partial charge >= 0.3 is 0 Å². The number of halogens is 1. The molecule has 0 saturated heterocycles. The minimum absolute atomic E-state index is 0. The Balaban J connectivity index is 0.00000242. The summed E-state index contributed by atoms with van der Waals surface area (Å²) in [6, 6.07) is 0.538. The molecule has 1 aromatic rings. The van der Waals surface area contributed by atoms with Crippen molar-refractivity contribution < 1.29 is 0 Å². The standard InChI is InChI=1S/C15H28N6.HI/c1-5-12-7-6-8-13(9-12)18-15(16-3)17-10-14-20-19-11(2)21(14)4;/h12-13H,5-10H2,1-4H3,(H2,16,17,18);1H. The molecule has 2 unspecified atom stereocenters. The molecule has 1 aliphatic rings. The lowest BCUT2D eigenvalue weighted by Gasteiger charge is -2.30. The highest BCUT2D eigenvalue weighted by Crippen LogP contribution is 2.26. The molecule has 22 heavy (non-hydrogen) atoms. The summed E-state index contributed by atoms with van der Waals surface area (Å²) < 4.78 is 1.99. The quantitative estimate of drug-likeness (QED) is 0.446. The van der Waals surface area contributed by atoms with Crippen molar-refractivity contribution in [3.8, 4) is 0 Å². The fourth-order valence-corrected chi connectivity index (χ4v) is 2.95. The zero-order valence-corrected chi connectivity index (χ0v) is 16.4. The fraction of sp³-hybridized carbons (Fsp3) is 0.800. The molecule has 6 nitrogen and oxygen atoms in total. The van der Waals surface area contributed by atoms with E-state index in [1.54, 1.807) is 0 Å². The van der Waals surface area contributed by atoms with Gasteiger partial charge in [-0.15, -0.1) is 34.2 Å². The highest BCUT2D eigenvalue weighted by molar-refractivity contribution is 14.0. The molecule has 1 fully saturated rings. The molecule has 1 saturated carbocycles. The number of nitrogens with one attached hydrogen (secondary N) is 2. The van der Waals surface area contributed by atoms with Crippen LogP contribution in [0.15, 0.2) is 4.99 Å². The molecular weight excluding hydrogens is 391 g/mol. The van der Waals surface area contributed by atoms with Gasteiger partial charge in [0, 0.05) is 20.1 Å². The summed E-state index contributed by atoms with van der Waals surface area (Å²) in [5, 5.41) is 15.1. The summed E-state index contributed by atoms with van der Waals surface area (Å²) >= 11 is 0. The molecule has 0 bridgehead atoms. The van der Waals surface area contributed by atoms with Crippen molar-refractivity contribution in [3.05, 3.63) is 11.6 Å². The third-order valence-corrected chi connectivity index (χ3v) is 4.52. The predicted molar refractivity (Wildman–Crippen MR) is 101 cm³/mol. The van der Waals surface area contributed by atoms with Crippen molar-refractivity contribution in [2.24, 2.45) is 18.0 Å². The lowest BCUT2D eigenvalue weighted by atomic mass is 9.84. The Bertz CT molecular complexity index is 484. The van der Waals surface area contributed by atoms with E-state index in [0.29, 0.717) is 12.6 Å². The molecular formula is C15H29IN6. The molecule has 126 valence electrons. The number of aryl methyl sites for hydroxylation is 1. The first-order valence-electron chi connectivity index (χ1n) is 7.96. The van der Waals surface area contributed by atoms with Gasteiger partial charge in [0.05, 0.1) is 6.54 Å². The van der Waals surface area contributed by atoms with E-state index in [1.807, 2.05) is 25.6 Å². The first-order valence-corrected chi connectivity index (χ1v) is 7.96. The SMILES string of the molecule is CCC1CCCC(NC(=NC)NCc2nnc(C)n2C)C1.I. The van der Waals surface area contributed by atoms with E-state index in [1.165, 1.54) is 32.1 Å². The molecule has 2 atom stereocenters. The van der Waals surface area contributed by atoms with Crippen LogP contribution in [0.3, 0.4) is 0 Å². The maximum Gasteiger partial charge on any atom is 0.191 e. The first kappa shape index (κ1) is 19.2. The number of aliphatic imine (C=N–C) groups is 1. The Labute approximate surface area is 150 Å². The normalized spacial score (nSPS) is 22.1. The van der Waals surface area contributed by atoms with Crippen LogP contribution < -0.4 is 10.6 Å². The summed E-state index contributed by atoms with van der Waals surface area (Å²) in [6.07, 6.45) is 6.46. The van der Waals surface area contributed by atoms with Crippen LogP contribution in [-0.4, -0.2) is 33.8 Å². The number of hydrogen-bond acceptors (Lipinski definition) is 3. The first-order chi connectivity index (χ1) is 10.1. The zero-order chi connectivity index (χ0) is 15.2. The van der Waals surface area contributed by atoms with Crippen LogP contribution in [0.25, 0.3) is 0 Å². The Morgan fingerprint density at radius 2 is 2.14 bits per heavy atom. The number of hydrogen-bond donors (Lipinski definition) is 2. The second kappa shape index (κ2) is 9.32. The van der Waals surface area contributed by atoms with Gasteiger partial charge in [0.2, 0.25) is 0 Å². The van der Waals surface area contributed by atoms with E-state index in [-0.39, 0.29) is 24.0 Å². The lowest BCUT2D eigenvalue weighted by Crippen LogP contribution is -2.45. The molecule has 2 N–H and O–H groups in total. The van der Waals surface area contributed by atoms with Crippen LogP contribution in [-0.2, 0) is 13.6 Å². The van der Waals surface area contributed by atoms with Gasteiger partial charge in [-0.05, 0) is 25.7 Å². The fourth-order valence-electron chi connectivity index (χ4n) is 2.95. The van der Waals surface area contributed by atoms with Gasteiger partial charge in [-0.25, -0.2) is 0 Å². The number of rotatable bonds is 4. The van der Waals surface area contributed by atoms with Crippen molar-refractivity contribution in [1.82, 2.24) is 25.4 Å². The summed E-state index contributed by atoms with van der Waals surface area (Å²) in [7, 11) is 3.80. The molecule has 0 amide bonds. The van der Waals surface area contributed by atoms with Gasteiger partial charge in [-0.3, -0.25) is 4.99 Å². The Kier molecular flexibility index (Phi) is 8.13. The van der Waals surface area contributed by atoms with Gasteiger partial charge in [-0.1, -0.05) is 26.2 Å². The number of nitrogens with zero attached hydrogens (tertiary/aromatic N) is 4. The summed E-state index contributed by atoms with van der Waals surface area (Å²) in [4.78, 5) is 4.32. The van der Waals surface area contributed by atoms with E-state index >= 15 is 0 Å². The molecule has 0 aromatic carbocycles. The van der Waals surface area contributed by atoms with E-state index in [0.717, 1.165) is 23.5 Å². The smallest absolute Gasteiger partial charge is 0.191 e. The van der Waals surface area contributed by atoms with Crippen LogP contribution in [0, 0.1) is 12.8 Å². The zero-order valence-electron chi connectivity index (χ0n) is 14.1. The molecule has 2 rings (SSSR count). The largest absolute Gasteiger partial charge is 0.354 e. The van der Waals surface area contributed by atoms with Crippen LogP contribution in [0.1, 0.15) is 50.7 Å². The highest BCUT2D eigenvalue weighted by atomic mass is 127. The van der Waals surface area contributed by atoms with Gasteiger partial charge in [0.1, 0.15) is 5.82 Å². The summed E-state index contributed by atoms with van der Waals surface area (Å²) in [5.74, 6) is 3.56. The molecule has 1 aromatic heterocycles. The molecule has 1 heterocycles. The monoisotopic (exact) mass is 420 g/mol. The van der Waals surface area contributed by atoms with Gasteiger partial charge in [-0.2, -0.15) is 0 Å². The number of aromatic nitrogens is 3. The molecule has 0 aliphatic heterocycles. The maximum atomic E-state index is 4.32. The van der Waals surface area contributed by atoms with Crippen molar-refractivity contribution in [2.45, 2.75) is 58.5 Å². The topological polar surface area (TPSA) is 67.1 Å². The summed E-state index contributed by atoms with van der Waals surface area (Å²) in [5.41, 5.74) is 0.